The Balaban J connectivity index is 1.89. The van der Waals surface area contributed by atoms with Crippen LogP contribution in [-0.4, -0.2) is 38.9 Å². The monoisotopic (exact) mass is 408 g/mol. The molecule has 3 aromatic rings. The molecule has 1 aromatic carbocycles. The fraction of sp³-hybridized carbons (Fsp3) is 0.435. The average molecular weight is 409 g/mol. The van der Waals surface area contributed by atoms with Gasteiger partial charge in [0.25, 0.3) is 11.5 Å². The van der Waals surface area contributed by atoms with E-state index in [0.717, 1.165) is 10.9 Å². The van der Waals surface area contributed by atoms with Crippen LogP contribution in [0.25, 0.3) is 21.8 Å². The quantitative estimate of drug-likeness (QED) is 0.719. The number of nitrogens with two attached hydrogens (primary N) is 1. The zero-order valence-electron chi connectivity index (χ0n) is 17.7. The first-order valence-electron chi connectivity index (χ1n) is 10.5. The number of benzene rings is 1. The number of para-hydroxylation sites is 1. The number of hydrogen-bond donors (Lipinski definition) is 1. The van der Waals surface area contributed by atoms with Crippen molar-refractivity contribution >= 4 is 33.6 Å². The Hall–Kier alpha value is -3.09. The van der Waals surface area contributed by atoms with E-state index in [4.69, 9.17) is 5.73 Å². The van der Waals surface area contributed by atoms with Crippen LogP contribution in [0, 0.1) is 11.8 Å². The Bertz CT molecular complexity index is 1200. The van der Waals surface area contributed by atoms with Crippen LogP contribution in [0.4, 0.5) is 0 Å². The molecule has 158 valence electrons. The van der Waals surface area contributed by atoms with Gasteiger partial charge >= 0.3 is 0 Å². The molecule has 2 aromatic heterocycles. The third-order valence-electron chi connectivity index (χ3n) is 6.10. The lowest BCUT2D eigenvalue weighted by molar-refractivity contribution is -0.123. The topological polar surface area (TPSA) is 90.3 Å². The van der Waals surface area contributed by atoms with Gasteiger partial charge in [-0.2, -0.15) is 0 Å². The smallest absolute Gasteiger partial charge is 0.275 e. The largest absolute Gasteiger partial charge is 0.369 e. The van der Waals surface area contributed by atoms with E-state index in [0.29, 0.717) is 48.9 Å². The Morgan fingerprint density at radius 1 is 1.17 bits per heavy atom. The molecule has 3 heterocycles. The summed E-state index contributed by atoms with van der Waals surface area (Å²) in [6.07, 6.45) is 2.87. The molecule has 0 radical (unpaired) electrons. The van der Waals surface area contributed by atoms with Crippen molar-refractivity contribution in [2.75, 3.05) is 13.1 Å². The predicted octanol–water partition coefficient (Wildman–Crippen LogP) is 2.49. The van der Waals surface area contributed by atoms with Crippen LogP contribution < -0.4 is 11.3 Å². The van der Waals surface area contributed by atoms with Gasteiger partial charge in [-0.3, -0.25) is 14.4 Å². The highest BCUT2D eigenvalue weighted by molar-refractivity contribution is 6.17. The molecule has 7 nitrogen and oxygen atoms in total. The maximum absolute atomic E-state index is 13.6. The van der Waals surface area contributed by atoms with Gasteiger partial charge in [-0.15, -0.1) is 0 Å². The minimum atomic E-state index is -0.302. The molecule has 2 N–H and O–H groups in total. The summed E-state index contributed by atoms with van der Waals surface area (Å²) in [5.74, 6) is -0.313. The highest BCUT2D eigenvalue weighted by Crippen LogP contribution is 2.30. The number of fused-ring (bicyclic) bond motifs is 3. The van der Waals surface area contributed by atoms with Gasteiger partial charge in [-0.05, 0) is 24.8 Å². The van der Waals surface area contributed by atoms with E-state index in [2.05, 4.69) is 0 Å². The summed E-state index contributed by atoms with van der Waals surface area (Å²) in [4.78, 5) is 40.1. The van der Waals surface area contributed by atoms with E-state index in [1.54, 1.807) is 15.7 Å². The number of nitrogens with zero attached hydrogens (tertiary/aromatic N) is 3. The molecule has 0 spiro atoms. The van der Waals surface area contributed by atoms with E-state index in [1.165, 1.54) is 0 Å². The predicted molar refractivity (Wildman–Crippen MR) is 117 cm³/mol. The molecule has 0 bridgehead atoms. The van der Waals surface area contributed by atoms with E-state index in [9.17, 15) is 14.4 Å². The molecule has 0 aliphatic carbocycles. The number of likely N-dealkylation sites (tertiary alicyclic amines) is 1. The Kier molecular flexibility index (Phi) is 5.13. The van der Waals surface area contributed by atoms with Crippen LogP contribution in [0.1, 0.15) is 37.0 Å². The number of piperidine rings is 1. The Morgan fingerprint density at radius 3 is 2.47 bits per heavy atom. The van der Waals surface area contributed by atoms with Crippen LogP contribution in [0.3, 0.4) is 0 Å². The molecule has 2 amide bonds. The molecule has 4 rings (SSSR count). The molecule has 30 heavy (non-hydrogen) atoms. The van der Waals surface area contributed by atoms with Gasteiger partial charge in [0, 0.05) is 55.1 Å². The second kappa shape index (κ2) is 7.63. The Labute approximate surface area is 175 Å². The molecule has 0 saturated carbocycles. The van der Waals surface area contributed by atoms with Crippen molar-refractivity contribution in [3.05, 3.63) is 46.4 Å². The molecular weight excluding hydrogens is 380 g/mol. The summed E-state index contributed by atoms with van der Waals surface area (Å²) in [7, 11) is 1.87. The van der Waals surface area contributed by atoms with Crippen LogP contribution in [0.5, 0.6) is 0 Å². The standard InChI is InChI=1S/C23H28N4O3/c1-14(2)12-27-13-17(22(29)26-10-8-15(9-11-26)21(24)28)19-16-6-4-5-7-18(16)25(3)20(19)23(27)30/h4-7,13-15H,8-12H2,1-3H3,(H2,24,28). The van der Waals surface area contributed by atoms with E-state index < -0.39 is 0 Å². The lowest BCUT2D eigenvalue weighted by Gasteiger charge is -2.31. The van der Waals surface area contributed by atoms with Gasteiger partial charge in [0.05, 0.1) is 5.56 Å². The molecule has 1 fully saturated rings. The van der Waals surface area contributed by atoms with E-state index >= 15 is 0 Å². The van der Waals surface area contributed by atoms with Crippen molar-refractivity contribution in [1.82, 2.24) is 14.0 Å². The number of primary amides is 1. The number of pyridine rings is 1. The average Bonchev–Trinajstić information content (AvgIpc) is 3.03. The van der Waals surface area contributed by atoms with Crippen molar-refractivity contribution in [1.29, 1.82) is 0 Å². The van der Waals surface area contributed by atoms with E-state index in [1.807, 2.05) is 49.7 Å². The zero-order chi connectivity index (χ0) is 21.6. The minimum absolute atomic E-state index is 0.0820. The number of aromatic nitrogens is 2. The van der Waals surface area contributed by atoms with Crippen LogP contribution in [-0.2, 0) is 18.4 Å². The normalized spacial score (nSPS) is 15.4. The second-order valence-electron chi connectivity index (χ2n) is 8.66. The number of carbonyl (C=O) groups excluding carboxylic acids is 2. The molecule has 0 atom stereocenters. The van der Waals surface area contributed by atoms with Crippen LogP contribution >= 0.6 is 0 Å². The lowest BCUT2D eigenvalue weighted by atomic mass is 9.95. The second-order valence-corrected chi connectivity index (χ2v) is 8.66. The number of rotatable bonds is 4. The maximum atomic E-state index is 13.6. The third-order valence-corrected chi connectivity index (χ3v) is 6.10. The first-order valence-corrected chi connectivity index (χ1v) is 10.5. The van der Waals surface area contributed by atoms with Gasteiger partial charge in [-0.25, -0.2) is 0 Å². The van der Waals surface area contributed by atoms with Crippen LogP contribution in [0.2, 0.25) is 0 Å². The molecule has 1 aliphatic heterocycles. The highest BCUT2D eigenvalue weighted by Gasteiger charge is 2.29. The molecule has 7 heteroatoms. The summed E-state index contributed by atoms with van der Waals surface area (Å²) in [6, 6.07) is 7.78. The van der Waals surface area contributed by atoms with Gasteiger partial charge < -0.3 is 19.8 Å². The molecule has 0 unspecified atom stereocenters. The van der Waals surface area contributed by atoms with Gasteiger partial charge in [0.1, 0.15) is 5.52 Å². The molecule has 1 saturated heterocycles. The van der Waals surface area contributed by atoms with Crippen molar-refractivity contribution < 1.29 is 9.59 Å². The van der Waals surface area contributed by atoms with Crippen molar-refractivity contribution in [2.24, 2.45) is 24.6 Å². The summed E-state index contributed by atoms with van der Waals surface area (Å²) in [6.45, 7) is 5.62. The van der Waals surface area contributed by atoms with Gasteiger partial charge in [0.15, 0.2) is 0 Å². The SMILES string of the molecule is CC(C)Cn1cc(C(=O)N2CCC(C(N)=O)CC2)c2c3ccccc3n(C)c2c1=O. The third kappa shape index (κ3) is 3.28. The van der Waals surface area contributed by atoms with Crippen molar-refractivity contribution in [3.63, 3.8) is 0 Å². The summed E-state index contributed by atoms with van der Waals surface area (Å²) < 4.78 is 3.55. The molecule has 1 aliphatic rings. The first-order chi connectivity index (χ1) is 14.3. The fourth-order valence-corrected chi connectivity index (χ4v) is 4.56. The van der Waals surface area contributed by atoms with E-state index in [-0.39, 0.29) is 29.2 Å². The van der Waals surface area contributed by atoms with Crippen LogP contribution in [0.15, 0.2) is 35.3 Å². The summed E-state index contributed by atoms with van der Waals surface area (Å²) in [5, 5.41) is 1.61. The van der Waals surface area contributed by atoms with Gasteiger partial charge in [-0.1, -0.05) is 32.0 Å². The minimum Gasteiger partial charge on any atom is -0.369 e. The van der Waals surface area contributed by atoms with Crippen molar-refractivity contribution in [2.45, 2.75) is 33.2 Å². The van der Waals surface area contributed by atoms with Crippen molar-refractivity contribution in [3.8, 4) is 0 Å². The number of amides is 2. The fourth-order valence-electron chi connectivity index (χ4n) is 4.56. The number of carbonyl (C=O) groups is 2. The Morgan fingerprint density at radius 2 is 1.83 bits per heavy atom. The maximum Gasteiger partial charge on any atom is 0.275 e. The molecular formula is C23H28N4O3. The summed E-state index contributed by atoms with van der Waals surface area (Å²) >= 11 is 0. The number of hydrogen-bond acceptors (Lipinski definition) is 3. The summed E-state index contributed by atoms with van der Waals surface area (Å²) in [5.41, 5.74) is 7.37. The zero-order valence-corrected chi connectivity index (χ0v) is 17.7. The highest BCUT2D eigenvalue weighted by atomic mass is 16.2. The number of aryl methyl sites for hydroxylation is 1. The van der Waals surface area contributed by atoms with Gasteiger partial charge in [0.2, 0.25) is 5.91 Å². The lowest BCUT2D eigenvalue weighted by Crippen LogP contribution is -2.42. The first kappa shape index (κ1) is 20.2.